The molecule has 0 saturated heterocycles. The van der Waals surface area contributed by atoms with Crippen LogP contribution in [0.4, 0.5) is 5.95 Å². The van der Waals surface area contributed by atoms with Gasteiger partial charge in [-0.1, -0.05) is 31.5 Å². The summed E-state index contributed by atoms with van der Waals surface area (Å²) in [5.74, 6) is 2.45. The van der Waals surface area contributed by atoms with Crippen molar-refractivity contribution in [2.45, 2.75) is 51.0 Å². The molecule has 1 N–H and O–H groups in total. The van der Waals surface area contributed by atoms with E-state index >= 15 is 0 Å². The molecule has 2 atom stereocenters. The number of hydrogen-bond donors (Lipinski definition) is 1. The molecular formula is C21H28ClN7O2S. The van der Waals surface area contributed by atoms with Gasteiger partial charge in [-0.05, 0) is 37.8 Å². The second kappa shape index (κ2) is 11.4. The number of anilines is 1. The Kier molecular flexibility index (Phi) is 8.66. The molecule has 0 aliphatic rings. The molecule has 3 aromatic heterocycles. The molecule has 0 aromatic carbocycles. The summed E-state index contributed by atoms with van der Waals surface area (Å²) < 4.78 is 16.4. The van der Waals surface area contributed by atoms with Gasteiger partial charge in [0, 0.05) is 31.6 Å². The van der Waals surface area contributed by atoms with E-state index in [1.807, 2.05) is 25.1 Å². The van der Waals surface area contributed by atoms with E-state index in [1.165, 1.54) is 11.9 Å². The summed E-state index contributed by atoms with van der Waals surface area (Å²) in [6, 6.07) is 5.82. The highest BCUT2D eigenvalue weighted by Gasteiger charge is 2.25. The Bertz CT molecular complexity index is 998. The molecule has 0 aliphatic heterocycles. The summed E-state index contributed by atoms with van der Waals surface area (Å²) >= 11 is 7.39. The molecule has 3 aromatic rings. The van der Waals surface area contributed by atoms with E-state index in [-0.39, 0.29) is 17.4 Å². The Labute approximate surface area is 197 Å². The summed E-state index contributed by atoms with van der Waals surface area (Å²) in [7, 11) is 3.23. The lowest BCUT2D eigenvalue weighted by Crippen LogP contribution is -2.19. The van der Waals surface area contributed by atoms with E-state index in [0.29, 0.717) is 34.2 Å². The van der Waals surface area contributed by atoms with E-state index in [1.54, 1.807) is 26.6 Å². The third-order valence-corrected chi connectivity index (χ3v) is 6.19. The van der Waals surface area contributed by atoms with Gasteiger partial charge in [-0.2, -0.15) is 0 Å². The average molecular weight is 478 g/mol. The third kappa shape index (κ3) is 5.48. The molecule has 0 fully saturated rings. The number of hydrogen-bond acceptors (Lipinski definition) is 9. The van der Waals surface area contributed by atoms with Crippen LogP contribution in [0.2, 0.25) is 5.02 Å². The normalized spacial score (nSPS) is 13.2. The first-order chi connectivity index (χ1) is 15.5. The second-order valence-electron chi connectivity index (χ2n) is 7.09. The highest BCUT2D eigenvalue weighted by molar-refractivity contribution is 8.01. The molecule has 32 heavy (non-hydrogen) atoms. The lowest BCUT2D eigenvalue weighted by atomic mass is 10.1. The van der Waals surface area contributed by atoms with Crippen LogP contribution in [0.3, 0.4) is 0 Å². The van der Waals surface area contributed by atoms with Gasteiger partial charge in [-0.15, -0.1) is 10.2 Å². The lowest BCUT2D eigenvalue weighted by molar-refractivity contribution is 0.0972. The molecule has 3 heterocycles. The van der Waals surface area contributed by atoms with Crippen LogP contribution in [-0.4, -0.2) is 49.2 Å². The maximum absolute atomic E-state index is 5.91. The predicted octanol–water partition coefficient (Wildman–Crippen LogP) is 4.99. The molecule has 0 spiro atoms. The highest BCUT2D eigenvalue weighted by atomic mass is 35.5. The fraction of sp³-hybridized carbons (Fsp3) is 0.476. The van der Waals surface area contributed by atoms with Crippen LogP contribution in [0.5, 0.6) is 5.88 Å². The Morgan fingerprint density at radius 1 is 1.12 bits per heavy atom. The quantitative estimate of drug-likeness (QED) is 0.382. The van der Waals surface area contributed by atoms with E-state index in [4.69, 9.17) is 21.1 Å². The Morgan fingerprint density at radius 3 is 2.47 bits per heavy atom. The van der Waals surface area contributed by atoms with Gasteiger partial charge >= 0.3 is 0 Å². The standard InChI is InChI=1S/C21H28ClN7O2S/c1-6-15(7-2)29-20(16-9-8-10-17(25-16)30-4)26-27-21(29)28-32-13(3)18(31-5)19-23-11-14(22)12-24-19/h8-13,15,18H,6-7H2,1-5H3,(H,27,28). The zero-order valence-electron chi connectivity index (χ0n) is 18.8. The fourth-order valence-corrected chi connectivity index (χ4v) is 4.26. The summed E-state index contributed by atoms with van der Waals surface area (Å²) in [4.78, 5) is 13.1. The zero-order chi connectivity index (χ0) is 23.1. The summed E-state index contributed by atoms with van der Waals surface area (Å²) in [5.41, 5.74) is 0.708. The van der Waals surface area contributed by atoms with Gasteiger partial charge in [0.2, 0.25) is 11.8 Å². The van der Waals surface area contributed by atoms with Gasteiger partial charge in [0.15, 0.2) is 11.6 Å². The largest absolute Gasteiger partial charge is 0.481 e. The van der Waals surface area contributed by atoms with E-state index in [9.17, 15) is 0 Å². The van der Waals surface area contributed by atoms with Gasteiger partial charge in [0.25, 0.3) is 0 Å². The van der Waals surface area contributed by atoms with E-state index < -0.39 is 0 Å². The van der Waals surface area contributed by atoms with Crippen LogP contribution >= 0.6 is 23.5 Å². The molecule has 3 rings (SSSR count). The van der Waals surface area contributed by atoms with Crippen molar-refractivity contribution in [3.8, 4) is 17.4 Å². The number of ether oxygens (including phenoxy) is 2. The summed E-state index contributed by atoms with van der Waals surface area (Å²) in [6.07, 6.45) is 4.67. The molecule has 0 saturated carbocycles. The number of aromatic nitrogens is 6. The van der Waals surface area contributed by atoms with Gasteiger partial charge in [0.05, 0.1) is 17.4 Å². The molecule has 0 amide bonds. The predicted molar refractivity (Wildman–Crippen MR) is 127 cm³/mol. The maximum Gasteiger partial charge on any atom is 0.235 e. The summed E-state index contributed by atoms with van der Waals surface area (Å²) in [5, 5.41) is 9.32. The minimum Gasteiger partial charge on any atom is -0.481 e. The number of methoxy groups -OCH3 is 2. The number of pyridine rings is 1. The van der Waals surface area contributed by atoms with Crippen molar-refractivity contribution >= 4 is 29.5 Å². The van der Waals surface area contributed by atoms with Crippen molar-refractivity contribution in [1.82, 2.24) is 29.7 Å². The van der Waals surface area contributed by atoms with Crippen molar-refractivity contribution in [2.75, 3.05) is 18.9 Å². The average Bonchev–Trinajstić information content (AvgIpc) is 3.24. The van der Waals surface area contributed by atoms with Crippen LogP contribution in [0.25, 0.3) is 11.5 Å². The monoisotopic (exact) mass is 477 g/mol. The molecule has 11 heteroatoms. The minimum atomic E-state index is -0.325. The number of nitrogens with zero attached hydrogens (tertiary/aromatic N) is 6. The van der Waals surface area contributed by atoms with E-state index in [0.717, 1.165) is 12.8 Å². The van der Waals surface area contributed by atoms with Crippen LogP contribution in [0, 0.1) is 0 Å². The van der Waals surface area contributed by atoms with Crippen molar-refractivity contribution in [1.29, 1.82) is 0 Å². The first-order valence-electron chi connectivity index (χ1n) is 10.4. The van der Waals surface area contributed by atoms with Crippen LogP contribution in [0.1, 0.15) is 51.6 Å². The first kappa shape index (κ1) is 24.2. The third-order valence-electron chi connectivity index (χ3n) is 5.08. The van der Waals surface area contributed by atoms with E-state index in [2.05, 4.69) is 48.3 Å². The van der Waals surface area contributed by atoms with Crippen LogP contribution in [-0.2, 0) is 4.74 Å². The Morgan fingerprint density at radius 2 is 1.84 bits per heavy atom. The van der Waals surface area contributed by atoms with Gasteiger partial charge < -0.3 is 9.47 Å². The number of rotatable bonds is 11. The second-order valence-corrected chi connectivity index (χ2v) is 8.71. The molecule has 2 unspecified atom stereocenters. The number of halogens is 1. The Balaban J connectivity index is 1.85. The molecule has 9 nitrogen and oxygen atoms in total. The molecule has 0 bridgehead atoms. The van der Waals surface area contributed by atoms with Crippen molar-refractivity contribution in [2.24, 2.45) is 0 Å². The van der Waals surface area contributed by atoms with Gasteiger partial charge in [-0.3, -0.25) is 9.29 Å². The van der Waals surface area contributed by atoms with Crippen molar-refractivity contribution in [3.63, 3.8) is 0 Å². The maximum atomic E-state index is 5.91. The Hall–Kier alpha value is -2.43. The molecular weight excluding hydrogens is 450 g/mol. The zero-order valence-corrected chi connectivity index (χ0v) is 20.4. The minimum absolute atomic E-state index is 0.0218. The lowest BCUT2D eigenvalue weighted by Gasteiger charge is -2.23. The van der Waals surface area contributed by atoms with Gasteiger partial charge in [0.1, 0.15) is 11.8 Å². The van der Waals surface area contributed by atoms with Gasteiger partial charge in [-0.25, -0.2) is 15.0 Å². The molecule has 0 radical (unpaired) electrons. The highest BCUT2D eigenvalue weighted by Crippen LogP contribution is 2.32. The van der Waals surface area contributed by atoms with Crippen LogP contribution in [0.15, 0.2) is 30.6 Å². The smallest absolute Gasteiger partial charge is 0.235 e. The van der Waals surface area contributed by atoms with Crippen molar-refractivity contribution < 1.29 is 9.47 Å². The molecule has 172 valence electrons. The number of nitrogens with one attached hydrogen (secondary N) is 1. The van der Waals surface area contributed by atoms with Crippen molar-refractivity contribution in [3.05, 3.63) is 41.4 Å². The summed E-state index contributed by atoms with van der Waals surface area (Å²) in [6.45, 7) is 6.33. The topological polar surface area (TPSA) is 99.9 Å². The van der Waals surface area contributed by atoms with Crippen LogP contribution < -0.4 is 9.46 Å². The first-order valence-corrected chi connectivity index (χ1v) is 11.7. The molecule has 0 aliphatic carbocycles. The SMILES string of the molecule is CCC(CC)n1c(NSC(C)C(OC)c2ncc(Cl)cn2)nnc1-c1cccc(OC)n1. The fourth-order valence-electron chi connectivity index (χ4n) is 3.37.